The van der Waals surface area contributed by atoms with Gasteiger partial charge in [-0.2, -0.15) is 0 Å². The van der Waals surface area contributed by atoms with Crippen molar-refractivity contribution in [2.45, 2.75) is 116 Å². The number of rotatable bonds is 12. The first kappa shape index (κ1) is 36.3. The molecule has 11 nitrogen and oxygen atoms in total. The number of nitrogens with zero attached hydrogens (tertiary/aromatic N) is 1. The Balaban J connectivity index is 1.64. The molecule has 1 saturated carbocycles. The van der Waals surface area contributed by atoms with Crippen LogP contribution in [-0.2, 0) is 44.7 Å². The van der Waals surface area contributed by atoms with Crippen molar-refractivity contribution in [3.8, 4) is 0 Å². The molecule has 11 heteroatoms. The van der Waals surface area contributed by atoms with Gasteiger partial charge in [0, 0.05) is 26.2 Å². The molecule has 2 amide bonds. The summed E-state index contributed by atoms with van der Waals surface area (Å²) in [5.74, 6) is -1.72. The summed E-state index contributed by atoms with van der Waals surface area (Å²) in [5.41, 5.74) is -0.257. The van der Waals surface area contributed by atoms with Gasteiger partial charge in [0.25, 0.3) is 0 Å². The molecule has 1 heterocycles. The Labute approximate surface area is 267 Å². The van der Waals surface area contributed by atoms with Crippen molar-refractivity contribution >= 4 is 23.9 Å². The SMILES string of the molecule is COC(=O)[C@@H]1C[C@@H](OCCCOCc2ccccc2)CN1C(=O)[C@@H](NC(=O)OC(C)(C)C)C1CCC(C(=O)OC(C)(C)C)CC1. The van der Waals surface area contributed by atoms with Crippen molar-refractivity contribution in [3.05, 3.63) is 35.9 Å². The average molecular weight is 633 g/mol. The molecule has 0 aromatic heterocycles. The van der Waals surface area contributed by atoms with Gasteiger partial charge >= 0.3 is 18.0 Å². The first-order valence-electron chi connectivity index (χ1n) is 16.0. The Morgan fingerprint density at radius 2 is 1.53 bits per heavy atom. The van der Waals surface area contributed by atoms with Crippen LogP contribution in [0.15, 0.2) is 30.3 Å². The fraction of sp³-hybridized carbons (Fsp3) is 0.706. The highest BCUT2D eigenvalue weighted by molar-refractivity contribution is 5.90. The maximum Gasteiger partial charge on any atom is 0.408 e. The zero-order chi connectivity index (χ0) is 33.2. The summed E-state index contributed by atoms with van der Waals surface area (Å²) >= 11 is 0. The van der Waals surface area contributed by atoms with Crippen LogP contribution in [-0.4, -0.2) is 85.1 Å². The molecule has 0 bridgehead atoms. The molecule has 252 valence electrons. The number of ether oxygens (including phenoxy) is 5. The van der Waals surface area contributed by atoms with E-state index in [1.54, 1.807) is 20.8 Å². The number of nitrogens with one attached hydrogen (secondary N) is 1. The van der Waals surface area contributed by atoms with Gasteiger partial charge in [-0.05, 0) is 85.1 Å². The van der Waals surface area contributed by atoms with E-state index in [1.807, 2.05) is 51.1 Å². The molecular formula is C34H52N2O9. The number of esters is 2. The molecule has 0 unspecified atom stereocenters. The lowest BCUT2D eigenvalue weighted by atomic mass is 9.78. The van der Waals surface area contributed by atoms with Gasteiger partial charge in [0.2, 0.25) is 5.91 Å². The maximum absolute atomic E-state index is 14.2. The van der Waals surface area contributed by atoms with E-state index in [4.69, 9.17) is 23.7 Å². The van der Waals surface area contributed by atoms with Gasteiger partial charge in [-0.1, -0.05) is 30.3 Å². The van der Waals surface area contributed by atoms with E-state index in [2.05, 4.69) is 5.32 Å². The van der Waals surface area contributed by atoms with Gasteiger partial charge in [0.05, 0.1) is 25.7 Å². The summed E-state index contributed by atoms with van der Waals surface area (Å²) in [4.78, 5) is 54.0. The van der Waals surface area contributed by atoms with Crippen molar-refractivity contribution in [1.29, 1.82) is 0 Å². The number of alkyl carbamates (subject to hydrolysis) is 1. The van der Waals surface area contributed by atoms with Crippen LogP contribution >= 0.6 is 0 Å². The van der Waals surface area contributed by atoms with Crippen molar-refractivity contribution in [2.75, 3.05) is 26.9 Å². The highest BCUT2D eigenvalue weighted by Crippen LogP contribution is 2.34. The molecule has 1 aromatic carbocycles. The molecule has 1 N–H and O–H groups in total. The fourth-order valence-corrected chi connectivity index (χ4v) is 5.76. The lowest BCUT2D eigenvalue weighted by Crippen LogP contribution is -2.56. The maximum atomic E-state index is 14.2. The Morgan fingerprint density at radius 3 is 2.13 bits per heavy atom. The molecule has 3 atom stereocenters. The number of benzene rings is 1. The third-order valence-corrected chi connectivity index (χ3v) is 7.84. The van der Waals surface area contributed by atoms with Crippen LogP contribution in [0.1, 0.15) is 85.6 Å². The Morgan fingerprint density at radius 1 is 0.889 bits per heavy atom. The summed E-state index contributed by atoms with van der Waals surface area (Å²) in [7, 11) is 1.29. The van der Waals surface area contributed by atoms with Crippen molar-refractivity contribution in [3.63, 3.8) is 0 Å². The number of methoxy groups -OCH3 is 1. The van der Waals surface area contributed by atoms with E-state index in [0.717, 1.165) is 5.56 Å². The predicted molar refractivity (Wildman–Crippen MR) is 167 cm³/mol. The second kappa shape index (κ2) is 16.4. The van der Waals surface area contributed by atoms with Crippen LogP contribution in [0.3, 0.4) is 0 Å². The van der Waals surface area contributed by atoms with Gasteiger partial charge in [-0.25, -0.2) is 9.59 Å². The molecule has 2 aliphatic rings. The van der Waals surface area contributed by atoms with Crippen molar-refractivity contribution in [1.82, 2.24) is 10.2 Å². The molecule has 1 aliphatic carbocycles. The molecule has 0 spiro atoms. The highest BCUT2D eigenvalue weighted by atomic mass is 16.6. The predicted octanol–water partition coefficient (Wildman–Crippen LogP) is 4.79. The summed E-state index contributed by atoms with van der Waals surface area (Å²) < 4.78 is 27.9. The first-order valence-corrected chi connectivity index (χ1v) is 16.0. The first-order chi connectivity index (χ1) is 21.2. The minimum Gasteiger partial charge on any atom is -0.467 e. The summed E-state index contributed by atoms with van der Waals surface area (Å²) in [6, 6.07) is 8.11. The van der Waals surface area contributed by atoms with Crippen LogP contribution in [0.2, 0.25) is 0 Å². The zero-order valence-corrected chi connectivity index (χ0v) is 28.0. The van der Waals surface area contributed by atoms with Gasteiger partial charge in [0.15, 0.2) is 0 Å². The van der Waals surface area contributed by atoms with Crippen LogP contribution < -0.4 is 5.32 Å². The second-order valence-electron chi connectivity index (χ2n) is 13.9. The van der Waals surface area contributed by atoms with E-state index < -0.39 is 41.3 Å². The van der Waals surface area contributed by atoms with Gasteiger partial charge < -0.3 is 33.9 Å². The molecule has 3 rings (SSSR count). The topological polar surface area (TPSA) is 130 Å². The molecule has 1 aliphatic heterocycles. The fourth-order valence-electron chi connectivity index (χ4n) is 5.76. The summed E-state index contributed by atoms with van der Waals surface area (Å²) in [6.07, 6.45) is 1.95. The second-order valence-corrected chi connectivity index (χ2v) is 13.9. The number of likely N-dealkylation sites (tertiary alicyclic amines) is 1. The van der Waals surface area contributed by atoms with Gasteiger partial charge in [-0.15, -0.1) is 0 Å². The number of carbonyl (C=O) groups excluding carboxylic acids is 4. The zero-order valence-electron chi connectivity index (χ0n) is 28.0. The number of carbonyl (C=O) groups is 4. The van der Waals surface area contributed by atoms with Crippen LogP contribution in [0.5, 0.6) is 0 Å². The molecule has 2 fully saturated rings. The van der Waals surface area contributed by atoms with E-state index in [-0.39, 0.29) is 36.9 Å². The smallest absolute Gasteiger partial charge is 0.408 e. The molecule has 1 saturated heterocycles. The molecule has 45 heavy (non-hydrogen) atoms. The van der Waals surface area contributed by atoms with Crippen LogP contribution in [0, 0.1) is 11.8 Å². The molecule has 1 aromatic rings. The average Bonchev–Trinajstić information content (AvgIpc) is 3.40. The Kier molecular flexibility index (Phi) is 13.2. The third kappa shape index (κ3) is 11.9. The minimum atomic E-state index is -0.947. The standard InChI is InChI=1S/C34H52N2O9/c1-33(2,3)44-30(38)25-16-14-24(15-17-25)28(35-32(40)45-34(4,5)6)29(37)36-21-26(20-27(36)31(39)41-7)43-19-11-18-42-22-23-12-9-8-10-13-23/h8-10,12-13,24-28H,11,14-22H2,1-7H3,(H,35,40)/t24?,25?,26-,27+,28+/m1/s1. The minimum absolute atomic E-state index is 0.184. The Bertz CT molecular complexity index is 1120. The van der Waals surface area contributed by atoms with Gasteiger partial charge in [0.1, 0.15) is 23.3 Å². The van der Waals surface area contributed by atoms with Gasteiger partial charge in [-0.3, -0.25) is 9.59 Å². The van der Waals surface area contributed by atoms with Crippen molar-refractivity contribution < 1.29 is 42.9 Å². The molecular weight excluding hydrogens is 580 g/mol. The van der Waals surface area contributed by atoms with Crippen LogP contribution in [0.25, 0.3) is 0 Å². The Hall–Kier alpha value is -3.18. The van der Waals surface area contributed by atoms with Crippen molar-refractivity contribution in [2.24, 2.45) is 11.8 Å². The number of hydrogen-bond acceptors (Lipinski definition) is 9. The quantitative estimate of drug-likeness (QED) is 0.196. The number of amides is 2. The summed E-state index contributed by atoms with van der Waals surface area (Å²) in [6.45, 7) is 12.4. The van der Waals surface area contributed by atoms with E-state index in [1.165, 1.54) is 12.0 Å². The van der Waals surface area contributed by atoms with Crippen LogP contribution in [0.4, 0.5) is 4.79 Å². The highest BCUT2D eigenvalue weighted by Gasteiger charge is 2.46. The normalized spacial score (nSPS) is 22.8. The lowest BCUT2D eigenvalue weighted by molar-refractivity contribution is -0.161. The largest absolute Gasteiger partial charge is 0.467 e. The van der Waals surface area contributed by atoms with E-state index in [9.17, 15) is 19.2 Å². The number of hydrogen-bond donors (Lipinski definition) is 1. The molecule has 0 radical (unpaired) electrons. The van der Waals surface area contributed by atoms with E-state index >= 15 is 0 Å². The lowest BCUT2D eigenvalue weighted by Gasteiger charge is -2.36. The van der Waals surface area contributed by atoms with E-state index in [0.29, 0.717) is 51.9 Å². The monoisotopic (exact) mass is 632 g/mol. The summed E-state index contributed by atoms with van der Waals surface area (Å²) in [5, 5.41) is 2.80. The third-order valence-electron chi connectivity index (χ3n) is 7.84.